The maximum absolute atomic E-state index is 5.37. The molecule has 2 rings (SSSR count). The molecule has 0 aliphatic rings. The van der Waals surface area contributed by atoms with Crippen LogP contribution < -0.4 is 15.4 Å². The Hall–Kier alpha value is -2.14. The third-order valence-electron chi connectivity index (χ3n) is 3.14. The van der Waals surface area contributed by atoms with E-state index in [1.165, 1.54) is 5.56 Å². The van der Waals surface area contributed by atoms with Gasteiger partial charge in [0.05, 0.1) is 13.2 Å². The topological polar surface area (TPSA) is 46.2 Å². The van der Waals surface area contributed by atoms with Crippen LogP contribution in [0.15, 0.2) is 48.7 Å². The van der Waals surface area contributed by atoms with E-state index in [-0.39, 0.29) is 6.04 Å². The van der Waals surface area contributed by atoms with Crippen molar-refractivity contribution in [1.82, 2.24) is 10.3 Å². The van der Waals surface area contributed by atoms with Crippen LogP contribution in [0.2, 0.25) is 0 Å². The van der Waals surface area contributed by atoms with E-state index in [0.29, 0.717) is 16.7 Å². The van der Waals surface area contributed by atoms with Crippen molar-refractivity contribution in [1.29, 1.82) is 0 Å². The number of hydrogen-bond acceptors (Lipinski definition) is 3. The van der Waals surface area contributed by atoms with Gasteiger partial charge in [-0.2, -0.15) is 0 Å². The molecule has 0 spiro atoms. The van der Waals surface area contributed by atoms with Crippen LogP contribution in [0.25, 0.3) is 0 Å². The number of aromatic nitrogens is 1. The number of methoxy groups -OCH3 is 1. The maximum atomic E-state index is 5.37. The van der Waals surface area contributed by atoms with Gasteiger partial charge in [-0.3, -0.25) is 0 Å². The highest BCUT2D eigenvalue weighted by Crippen LogP contribution is 2.21. The average molecular weight is 301 g/mol. The van der Waals surface area contributed by atoms with E-state index >= 15 is 0 Å². The standard InChI is InChI=1S/C16H19N3OS/c1-3-13(12-8-5-4-6-9-12)18-16(21)19-15-14(20-2)10-7-11-17-15/h4-11,13H,3H2,1-2H3,(H2,17,18,19,21). The van der Waals surface area contributed by atoms with Crippen LogP contribution in [0.3, 0.4) is 0 Å². The molecule has 0 radical (unpaired) electrons. The molecular weight excluding hydrogens is 282 g/mol. The Bertz CT molecular complexity index is 589. The number of benzene rings is 1. The fourth-order valence-corrected chi connectivity index (χ4v) is 2.30. The molecule has 0 bridgehead atoms. The molecule has 110 valence electrons. The lowest BCUT2D eigenvalue weighted by atomic mass is 10.1. The monoisotopic (exact) mass is 301 g/mol. The van der Waals surface area contributed by atoms with E-state index in [1.54, 1.807) is 13.3 Å². The molecule has 1 unspecified atom stereocenters. The first-order valence-electron chi connectivity index (χ1n) is 6.86. The third-order valence-corrected chi connectivity index (χ3v) is 3.36. The zero-order valence-electron chi connectivity index (χ0n) is 12.2. The van der Waals surface area contributed by atoms with Crippen LogP contribution in [0.1, 0.15) is 24.9 Å². The molecule has 0 saturated heterocycles. The summed E-state index contributed by atoms with van der Waals surface area (Å²) in [6, 6.07) is 14.1. The van der Waals surface area contributed by atoms with Crippen molar-refractivity contribution >= 4 is 23.1 Å². The lowest BCUT2D eigenvalue weighted by Gasteiger charge is -2.20. The zero-order valence-corrected chi connectivity index (χ0v) is 13.0. The van der Waals surface area contributed by atoms with E-state index in [2.05, 4.69) is 34.7 Å². The maximum Gasteiger partial charge on any atom is 0.174 e. The van der Waals surface area contributed by atoms with E-state index in [0.717, 1.165) is 6.42 Å². The molecule has 0 fully saturated rings. The summed E-state index contributed by atoms with van der Waals surface area (Å²) in [6.45, 7) is 2.12. The molecule has 5 heteroatoms. The molecule has 2 N–H and O–H groups in total. The van der Waals surface area contributed by atoms with Gasteiger partial charge < -0.3 is 15.4 Å². The van der Waals surface area contributed by atoms with Gasteiger partial charge in [-0.1, -0.05) is 37.3 Å². The van der Waals surface area contributed by atoms with Crippen molar-refractivity contribution in [2.75, 3.05) is 12.4 Å². The summed E-state index contributed by atoms with van der Waals surface area (Å²) in [4.78, 5) is 4.23. The van der Waals surface area contributed by atoms with Gasteiger partial charge in [0.15, 0.2) is 16.7 Å². The number of rotatable bonds is 5. The van der Waals surface area contributed by atoms with Crippen LogP contribution in [-0.4, -0.2) is 17.2 Å². The Balaban J connectivity index is 2.03. The van der Waals surface area contributed by atoms with Crippen LogP contribution >= 0.6 is 12.2 Å². The first kappa shape index (κ1) is 15.3. The number of nitrogens with zero attached hydrogens (tertiary/aromatic N) is 1. The van der Waals surface area contributed by atoms with Crippen molar-refractivity contribution in [3.8, 4) is 5.75 Å². The summed E-state index contributed by atoms with van der Waals surface area (Å²) in [7, 11) is 1.61. The number of anilines is 1. The molecule has 2 aromatic rings. The normalized spacial score (nSPS) is 11.5. The fourth-order valence-electron chi connectivity index (χ4n) is 2.06. The molecule has 0 saturated carbocycles. The van der Waals surface area contributed by atoms with E-state index in [9.17, 15) is 0 Å². The number of pyridine rings is 1. The SMILES string of the molecule is CCC(NC(=S)Nc1ncccc1OC)c1ccccc1. The predicted molar refractivity (Wildman–Crippen MR) is 89.6 cm³/mol. The van der Waals surface area contributed by atoms with Crippen molar-refractivity contribution in [3.05, 3.63) is 54.2 Å². The Morgan fingerprint density at radius 3 is 2.67 bits per heavy atom. The number of ether oxygens (including phenoxy) is 1. The molecule has 1 aromatic carbocycles. The van der Waals surface area contributed by atoms with E-state index in [1.807, 2.05) is 30.3 Å². The molecule has 0 aliphatic carbocycles. The van der Waals surface area contributed by atoms with Crippen molar-refractivity contribution in [3.63, 3.8) is 0 Å². The number of hydrogen-bond donors (Lipinski definition) is 2. The van der Waals surface area contributed by atoms with E-state index in [4.69, 9.17) is 17.0 Å². The van der Waals surface area contributed by atoms with Crippen molar-refractivity contribution < 1.29 is 4.74 Å². The third kappa shape index (κ3) is 4.16. The Kier molecular flexibility index (Phi) is 5.51. The second-order valence-electron chi connectivity index (χ2n) is 4.52. The van der Waals surface area contributed by atoms with Gasteiger partial charge in [-0.15, -0.1) is 0 Å². The van der Waals surface area contributed by atoms with Gasteiger partial charge in [0.25, 0.3) is 0 Å². The molecule has 1 heterocycles. The first-order chi connectivity index (χ1) is 10.2. The molecular formula is C16H19N3OS. The Morgan fingerprint density at radius 1 is 1.24 bits per heavy atom. The van der Waals surface area contributed by atoms with Crippen LogP contribution in [0.5, 0.6) is 5.75 Å². The minimum atomic E-state index is 0.168. The zero-order chi connectivity index (χ0) is 15.1. The van der Waals surface area contributed by atoms with Gasteiger partial charge >= 0.3 is 0 Å². The summed E-state index contributed by atoms with van der Waals surface area (Å²) in [5.41, 5.74) is 1.21. The summed E-state index contributed by atoms with van der Waals surface area (Å²) >= 11 is 5.37. The minimum Gasteiger partial charge on any atom is -0.493 e. The quantitative estimate of drug-likeness (QED) is 0.827. The molecule has 4 nitrogen and oxygen atoms in total. The largest absolute Gasteiger partial charge is 0.493 e. The summed E-state index contributed by atoms with van der Waals surface area (Å²) in [6.07, 6.45) is 2.63. The van der Waals surface area contributed by atoms with Crippen molar-refractivity contribution in [2.45, 2.75) is 19.4 Å². The van der Waals surface area contributed by atoms with E-state index < -0.39 is 0 Å². The van der Waals surface area contributed by atoms with Gasteiger partial charge in [0.1, 0.15) is 0 Å². The second-order valence-corrected chi connectivity index (χ2v) is 4.93. The predicted octanol–water partition coefficient (Wildman–Crippen LogP) is 3.53. The highest BCUT2D eigenvalue weighted by molar-refractivity contribution is 7.80. The lowest BCUT2D eigenvalue weighted by Crippen LogP contribution is -2.32. The highest BCUT2D eigenvalue weighted by Gasteiger charge is 2.11. The average Bonchev–Trinajstić information content (AvgIpc) is 2.54. The second kappa shape index (κ2) is 7.59. The van der Waals surface area contributed by atoms with Gasteiger partial charge in [-0.05, 0) is 36.3 Å². The molecule has 1 atom stereocenters. The van der Waals surface area contributed by atoms with Gasteiger partial charge in [0, 0.05) is 6.20 Å². The fraction of sp³-hybridized carbons (Fsp3) is 0.250. The molecule has 21 heavy (non-hydrogen) atoms. The Labute approximate surface area is 130 Å². The molecule has 0 amide bonds. The highest BCUT2D eigenvalue weighted by atomic mass is 32.1. The van der Waals surface area contributed by atoms with Crippen LogP contribution in [-0.2, 0) is 0 Å². The smallest absolute Gasteiger partial charge is 0.174 e. The van der Waals surface area contributed by atoms with Gasteiger partial charge in [0.2, 0.25) is 0 Å². The Morgan fingerprint density at radius 2 is 2.00 bits per heavy atom. The minimum absolute atomic E-state index is 0.168. The number of thiocarbonyl (C=S) groups is 1. The number of nitrogens with one attached hydrogen (secondary N) is 2. The van der Waals surface area contributed by atoms with Crippen LogP contribution in [0.4, 0.5) is 5.82 Å². The van der Waals surface area contributed by atoms with Gasteiger partial charge in [-0.25, -0.2) is 4.98 Å². The lowest BCUT2D eigenvalue weighted by molar-refractivity contribution is 0.415. The summed E-state index contributed by atoms with van der Waals surface area (Å²) in [5, 5.41) is 6.92. The first-order valence-corrected chi connectivity index (χ1v) is 7.27. The molecule has 0 aliphatic heterocycles. The van der Waals surface area contributed by atoms with Crippen molar-refractivity contribution in [2.24, 2.45) is 0 Å². The van der Waals surface area contributed by atoms with Crippen LogP contribution in [0, 0.1) is 0 Å². The molecule has 1 aromatic heterocycles. The summed E-state index contributed by atoms with van der Waals surface area (Å²) in [5.74, 6) is 1.27. The summed E-state index contributed by atoms with van der Waals surface area (Å²) < 4.78 is 5.25.